The molecule has 1 saturated heterocycles. The first-order valence-corrected chi connectivity index (χ1v) is 11.3. The standard InChI is InChI=1S/C27H32N4O/c1-21(29-25-15-9-8-14-24(25)27(28)32)26(20-22-10-4-2-5-11-22)31-18-16-30(17-19-31)23-12-6-3-7-13-23/h2-15,21,26,29H,16-20H2,1H3,(H2,28,32). The molecule has 0 bridgehead atoms. The van der Waals surface area contributed by atoms with Gasteiger partial charge in [0, 0.05) is 49.6 Å². The number of carbonyl (C=O) groups excluding carboxylic acids is 1. The Labute approximate surface area is 190 Å². The number of benzene rings is 3. The summed E-state index contributed by atoms with van der Waals surface area (Å²) in [6, 6.07) is 29.2. The number of amides is 1. The predicted molar refractivity (Wildman–Crippen MR) is 132 cm³/mol. The lowest BCUT2D eigenvalue weighted by Gasteiger charge is -2.43. The van der Waals surface area contributed by atoms with Crippen LogP contribution in [0.3, 0.4) is 0 Å². The van der Waals surface area contributed by atoms with Gasteiger partial charge in [-0.05, 0) is 43.2 Å². The Morgan fingerprint density at radius 1 is 0.875 bits per heavy atom. The lowest BCUT2D eigenvalue weighted by Crippen LogP contribution is -2.55. The van der Waals surface area contributed by atoms with E-state index in [-0.39, 0.29) is 12.1 Å². The molecule has 0 aromatic heterocycles. The maximum atomic E-state index is 11.9. The zero-order chi connectivity index (χ0) is 22.3. The Morgan fingerprint density at radius 2 is 1.47 bits per heavy atom. The summed E-state index contributed by atoms with van der Waals surface area (Å²) in [5, 5.41) is 3.60. The Kier molecular flexibility index (Phi) is 7.07. The Bertz CT molecular complexity index is 1000. The van der Waals surface area contributed by atoms with E-state index in [0.717, 1.165) is 38.3 Å². The SMILES string of the molecule is CC(Nc1ccccc1C(N)=O)C(Cc1ccccc1)N1CCN(c2ccccc2)CC1. The third kappa shape index (κ3) is 5.29. The molecule has 32 heavy (non-hydrogen) atoms. The highest BCUT2D eigenvalue weighted by Gasteiger charge is 2.29. The van der Waals surface area contributed by atoms with Gasteiger partial charge in [0.15, 0.2) is 0 Å². The molecule has 0 radical (unpaired) electrons. The fourth-order valence-corrected chi connectivity index (χ4v) is 4.59. The van der Waals surface area contributed by atoms with Crippen LogP contribution in [0.1, 0.15) is 22.8 Å². The van der Waals surface area contributed by atoms with E-state index in [2.05, 4.69) is 82.7 Å². The first kappa shape index (κ1) is 21.9. The van der Waals surface area contributed by atoms with Crippen LogP contribution < -0.4 is 16.0 Å². The molecule has 1 aliphatic heterocycles. The molecule has 166 valence electrons. The van der Waals surface area contributed by atoms with E-state index in [1.165, 1.54) is 11.3 Å². The van der Waals surface area contributed by atoms with Crippen LogP contribution in [-0.2, 0) is 6.42 Å². The number of carbonyl (C=O) groups is 1. The average Bonchev–Trinajstić information content (AvgIpc) is 2.84. The van der Waals surface area contributed by atoms with Crippen LogP contribution in [-0.4, -0.2) is 49.1 Å². The monoisotopic (exact) mass is 428 g/mol. The van der Waals surface area contributed by atoms with E-state index in [0.29, 0.717) is 5.56 Å². The summed E-state index contributed by atoms with van der Waals surface area (Å²) in [7, 11) is 0. The number of nitrogens with two attached hydrogens (primary N) is 1. The Hall–Kier alpha value is -3.31. The third-order valence-corrected chi connectivity index (χ3v) is 6.35. The average molecular weight is 429 g/mol. The fourth-order valence-electron chi connectivity index (χ4n) is 4.59. The summed E-state index contributed by atoms with van der Waals surface area (Å²) < 4.78 is 0. The zero-order valence-electron chi connectivity index (χ0n) is 18.7. The van der Waals surface area contributed by atoms with Gasteiger partial charge in [0.1, 0.15) is 0 Å². The topological polar surface area (TPSA) is 61.6 Å². The highest BCUT2D eigenvalue weighted by atomic mass is 16.1. The molecule has 3 aromatic carbocycles. The number of para-hydroxylation sites is 2. The largest absolute Gasteiger partial charge is 0.380 e. The molecule has 4 rings (SSSR count). The second-order valence-electron chi connectivity index (χ2n) is 8.46. The van der Waals surface area contributed by atoms with Crippen LogP contribution in [0.2, 0.25) is 0 Å². The van der Waals surface area contributed by atoms with Gasteiger partial charge >= 0.3 is 0 Å². The van der Waals surface area contributed by atoms with E-state index in [4.69, 9.17) is 5.73 Å². The van der Waals surface area contributed by atoms with Gasteiger partial charge < -0.3 is 16.0 Å². The minimum Gasteiger partial charge on any atom is -0.380 e. The Morgan fingerprint density at radius 3 is 2.12 bits per heavy atom. The summed E-state index contributed by atoms with van der Waals surface area (Å²) in [6.07, 6.45) is 0.944. The van der Waals surface area contributed by atoms with E-state index < -0.39 is 5.91 Å². The molecule has 2 atom stereocenters. The van der Waals surface area contributed by atoms with E-state index >= 15 is 0 Å². The summed E-state index contributed by atoms with van der Waals surface area (Å²) in [5.74, 6) is -0.406. The molecule has 3 aromatic rings. The molecule has 2 unspecified atom stereocenters. The number of nitrogens with zero attached hydrogens (tertiary/aromatic N) is 2. The van der Waals surface area contributed by atoms with Crippen molar-refractivity contribution in [2.75, 3.05) is 36.4 Å². The van der Waals surface area contributed by atoms with Crippen molar-refractivity contribution < 1.29 is 4.79 Å². The number of rotatable bonds is 8. The highest BCUT2D eigenvalue weighted by Crippen LogP contribution is 2.23. The van der Waals surface area contributed by atoms with Crippen LogP contribution in [0.5, 0.6) is 0 Å². The molecule has 3 N–H and O–H groups in total. The van der Waals surface area contributed by atoms with Crippen molar-refractivity contribution in [2.45, 2.75) is 25.4 Å². The van der Waals surface area contributed by atoms with Gasteiger partial charge in [0.2, 0.25) is 0 Å². The molecule has 1 fully saturated rings. The minimum absolute atomic E-state index is 0.138. The highest BCUT2D eigenvalue weighted by molar-refractivity contribution is 5.98. The van der Waals surface area contributed by atoms with Crippen LogP contribution in [0, 0.1) is 0 Å². The van der Waals surface area contributed by atoms with Crippen molar-refractivity contribution >= 4 is 17.3 Å². The number of hydrogen-bond donors (Lipinski definition) is 2. The molecule has 1 aliphatic rings. The van der Waals surface area contributed by atoms with Gasteiger partial charge in [-0.1, -0.05) is 60.7 Å². The maximum Gasteiger partial charge on any atom is 0.250 e. The lowest BCUT2D eigenvalue weighted by molar-refractivity contribution is 0.100. The number of nitrogens with one attached hydrogen (secondary N) is 1. The lowest BCUT2D eigenvalue weighted by atomic mass is 9.97. The quantitative estimate of drug-likeness (QED) is 0.569. The molecular weight excluding hydrogens is 396 g/mol. The molecule has 5 nitrogen and oxygen atoms in total. The third-order valence-electron chi connectivity index (χ3n) is 6.35. The molecule has 5 heteroatoms. The predicted octanol–water partition coefficient (Wildman–Crippen LogP) is 4.02. The van der Waals surface area contributed by atoms with E-state index in [1.807, 2.05) is 18.2 Å². The van der Waals surface area contributed by atoms with E-state index in [9.17, 15) is 4.79 Å². The number of hydrogen-bond acceptors (Lipinski definition) is 4. The molecule has 0 spiro atoms. The second kappa shape index (κ2) is 10.3. The summed E-state index contributed by atoms with van der Waals surface area (Å²) in [6.45, 7) is 6.19. The van der Waals surface area contributed by atoms with Crippen molar-refractivity contribution in [3.05, 3.63) is 96.1 Å². The van der Waals surface area contributed by atoms with Crippen molar-refractivity contribution in [3.63, 3.8) is 0 Å². The molecule has 1 amide bonds. The van der Waals surface area contributed by atoms with Gasteiger partial charge in [-0.25, -0.2) is 0 Å². The summed E-state index contributed by atoms with van der Waals surface area (Å²) >= 11 is 0. The molecule has 0 saturated carbocycles. The summed E-state index contributed by atoms with van der Waals surface area (Å²) in [5.41, 5.74) is 9.55. The van der Waals surface area contributed by atoms with Crippen molar-refractivity contribution in [3.8, 4) is 0 Å². The van der Waals surface area contributed by atoms with Gasteiger partial charge in [-0.15, -0.1) is 0 Å². The minimum atomic E-state index is -0.406. The molecule has 1 heterocycles. The van der Waals surface area contributed by atoms with Crippen LogP contribution in [0.25, 0.3) is 0 Å². The van der Waals surface area contributed by atoms with Crippen molar-refractivity contribution in [1.29, 1.82) is 0 Å². The van der Waals surface area contributed by atoms with Gasteiger partial charge in [-0.2, -0.15) is 0 Å². The maximum absolute atomic E-state index is 11.9. The van der Waals surface area contributed by atoms with Crippen molar-refractivity contribution in [1.82, 2.24) is 4.90 Å². The molecular formula is C27H32N4O. The van der Waals surface area contributed by atoms with Crippen LogP contribution in [0.15, 0.2) is 84.9 Å². The second-order valence-corrected chi connectivity index (χ2v) is 8.46. The van der Waals surface area contributed by atoms with Gasteiger partial charge in [-0.3, -0.25) is 9.69 Å². The number of primary amides is 1. The first-order valence-electron chi connectivity index (χ1n) is 11.3. The zero-order valence-corrected chi connectivity index (χ0v) is 18.7. The van der Waals surface area contributed by atoms with Crippen molar-refractivity contribution in [2.24, 2.45) is 5.73 Å². The van der Waals surface area contributed by atoms with E-state index in [1.54, 1.807) is 6.07 Å². The Balaban J connectivity index is 1.51. The van der Waals surface area contributed by atoms with Gasteiger partial charge in [0.25, 0.3) is 5.91 Å². The smallest absolute Gasteiger partial charge is 0.250 e. The number of piperazine rings is 1. The summed E-state index contributed by atoms with van der Waals surface area (Å²) in [4.78, 5) is 16.9. The van der Waals surface area contributed by atoms with Crippen LogP contribution >= 0.6 is 0 Å². The fraction of sp³-hybridized carbons (Fsp3) is 0.296. The normalized spacial score (nSPS) is 16.3. The first-order chi connectivity index (χ1) is 15.6. The van der Waals surface area contributed by atoms with Crippen LogP contribution in [0.4, 0.5) is 11.4 Å². The van der Waals surface area contributed by atoms with Gasteiger partial charge in [0.05, 0.1) is 5.56 Å². The number of anilines is 2. The molecule has 0 aliphatic carbocycles.